The molecular weight excluding hydrogens is 312 g/mol. The number of halogens is 1. The number of nitrogens with one attached hydrogen (secondary N) is 2. The third-order valence-electron chi connectivity index (χ3n) is 2.84. The molecule has 0 fully saturated rings. The first kappa shape index (κ1) is 13.8. The number of pyridine rings is 1. The van der Waals surface area contributed by atoms with Crippen molar-refractivity contribution in [1.82, 2.24) is 9.71 Å². The zero-order chi connectivity index (χ0) is 14.9. The standard InChI is InChI=1S/C13H11ClN4O2S/c14-9-4-5-11-12(7-9)21(19,20)18-13(17-11)16-8-10-3-1-2-6-15-10/h1-7H,8H2,(H2,16,17,18). The number of nitrogens with zero attached hydrogens (tertiary/aromatic N) is 2. The van der Waals surface area contributed by atoms with Gasteiger partial charge in [0.1, 0.15) is 4.90 Å². The summed E-state index contributed by atoms with van der Waals surface area (Å²) in [5.74, 6) is 0.162. The molecule has 0 aliphatic carbocycles. The van der Waals surface area contributed by atoms with E-state index in [4.69, 9.17) is 11.6 Å². The Bertz CT molecular complexity index is 806. The van der Waals surface area contributed by atoms with Crippen molar-refractivity contribution in [3.8, 4) is 0 Å². The second kappa shape index (κ2) is 5.34. The van der Waals surface area contributed by atoms with E-state index in [1.165, 1.54) is 6.07 Å². The first-order valence-corrected chi connectivity index (χ1v) is 7.94. The fourth-order valence-electron chi connectivity index (χ4n) is 1.88. The van der Waals surface area contributed by atoms with Crippen LogP contribution in [0, 0.1) is 0 Å². The number of aliphatic imine (C=N–C) groups is 1. The predicted molar refractivity (Wildman–Crippen MR) is 80.8 cm³/mol. The predicted octanol–water partition coefficient (Wildman–Crippen LogP) is 1.99. The van der Waals surface area contributed by atoms with E-state index in [1.807, 2.05) is 12.1 Å². The molecule has 0 saturated carbocycles. The normalized spacial score (nSPS) is 17.7. The van der Waals surface area contributed by atoms with Crippen LogP contribution in [-0.2, 0) is 16.6 Å². The van der Waals surface area contributed by atoms with E-state index < -0.39 is 10.0 Å². The van der Waals surface area contributed by atoms with E-state index in [1.54, 1.807) is 24.4 Å². The Labute approximate surface area is 126 Å². The zero-order valence-corrected chi connectivity index (χ0v) is 12.3. The van der Waals surface area contributed by atoms with Gasteiger partial charge in [-0.1, -0.05) is 17.7 Å². The highest BCUT2D eigenvalue weighted by Crippen LogP contribution is 2.27. The first-order valence-electron chi connectivity index (χ1n) is 6.08. The van der Waals surface area contributed by atoms with Crippen molar-refractivity contribution in [2.24, 2.45) is 4.99 Å². The van der Waals surface area contributed by atoms with Crippen molar-refractivity contribution < 1.29 is 8.42 Å². The minimum atomic E-state index is -3.67. The van der Waals surface area contributed by atoms with Crippen molar-refractivity contribution in [3.63, 3.8) is 0 Å². The quantitative estimate of drug-likeness (QED) is 0.885. The van der Waals surface area contributed by atoms with Gasteiger partial charge in [-0.05, 0) is 30.3 Å². The van der Waals surface area contributed by atoms with Gasteiger partial charge in [0.15, 0.2) is 0 Å². The number of rotatable bonds is 2. The number of hydrogen-bond acceptors (Lipinski definition) is 4. The Morgan fingerprint density at radius 2 is 2.10 bits per heavy atom. The van der Waals surface area contributed by atoms with Crippen LogP contribution < -0.4 is 10.0 Å². The van der Waals surface area contributed by atoms with Crippen LogP contribution in [0.5, 0.6) is 0 Å². The SMILES string of the molecule is O=S1(=O)NC(=NCc2ccccn2)Nc2ccc(Cl)cc21. The molecule has 1 aliphatic rings. The lowest BCUT2D eigenvalue weighted by Gasteiger charge is -2.21. The van der Waals surface area contributed by atoms with Crippen LogP contribution in [-0.4, -0.2) is 19.4 Å². The van der Waals surface area contributed by atoms with Gasteiger partial charge >= 0.3 is 0 Å². The Hall–Kier alpha value is -2.12. The van der Waals surface area contributed by atoms with Gasteiger partial charge in [-0.3, -0.25) is 4.98 Å². The molecule has 1 aromatic heterocycles. The molecule has 0 atom stereocenters. The molecule has 1 aromatic carbocycles. The van der Waals surface area contributed by atoms with Crippen LogP contribution in [0.15, 0.2) is 52.5 Å². The number of hydrogen-bond donors (Lipinski definition) is 2. The van der Waals surface area contributed by atoms with Crippen molar-refractivity contribution in [1.29, 1.82) is 0 Å². The lowest BCUT2D eigenvalue weighted by Crippen LogP contribution is -2.40. The van der Waals surface area contributed by atoms with Gasteiger partial charge in [-0.2, -0.15) is 0 Å². The lowest BCUT2D eigenvalue weighted by molar-refractivity contribution is 0.591. The average Bonchev–Trinajstić information content (AvgIpc) is 2.47. The molecular formula is C13H11ClN4O2S. The molecule has 8 heteroatoms. The highest BCUT2D eigenvalue weighted by Gasteiger charge is 2.26. The number of sulfonamides is 1. The second-order valence-corrected chi connectivity index (χ2v) is 6.44. The third kappa shape index (κ3) is 2.98. The van der Waals surface area contributed by atoms with Crippen molar-refractivity contribution in [2.75, 3.05) is 5.32 Å². The fourth-order valence-corrected chi connectivity index (χ4v) is 3.29. The molecule has 21 heavy (non-hydrogen) atoms. The molecule has 3 rings (SSSR count). The molecule has 108 valence electrons. The van der Waals surface area contributed by atoms with Gasteiger partial charge in [-0.15, -0.1) is 0 Å². The molecule has 2 N–H and O–H groups in total. The van der Waals surface area contributed by atoms with Gasteiger partial charge in [0, 0.05) is 11.2 Å². The summed E-state index contributed by atoms with van der Waals surface area (Å²) in [7, 11) is -3.67. The van der Waals surface area contributed by atoms with Crippen LogP contribution in [0.1, 0.15) is 5.69 Å². The number of fused-ring (bicyclic) bond motifs is 1. The van der Waals surface area contributed by atoms with Gasteiger partial charge < -0.3 is 5.32 Å². The van der Waals surface area contributed by atoms with Crippen LogP contribution in [0.25, 0.3) is 0 Å². The molecule has 0 unspecified atom stereocenters. The van der Waals surface area contributed by atoms with Gasteiger partial charge in [0.25, 0.3) is 10.0 Å². The molecule has 0 radical (unpaired) electrons. The number of guanidine groups is 1. The van der Waals surface area contributed by atoms with Crippen molar-refractivity contribution in [2.45, 2.75) is 11.4 Å². The monoisotopic (exact) mass is 322 g/mol. The topological polar surface area (TPSA) is 83.5 Å². The molecule has 0 bridgehead atoms. The third-order valence-corrected chi connectivity index (χ3v) is 4.46. The molecule has 0 amide bonds. The van der Waals surface area contributed by atoms with Crippen molar-refractivity contribution >= 4 is 33.3 Å². The van der Waals surface area contributed by atoms with E-state index >= 15 is 0 Å². The highest BCUT2D eigenvalue weighted by atomic mass is 35.5. The summed E-state index contributed by atoms with van der Waals surface area (Å²) in [6.07, 6.45) is 1.66. The maximum atomic E-state index is 12.1. The molecule has 1 aliphatic heterocycles. The minimum absolute atomic E-state index is 0.104. The van der Waals surface area contributed by atoms with Crippen LogP contribution in [0.2, 0.25) is 5.02 Å². The highest BCUT2D eigenvalue weighted by molar-refractivity contribution is 7.90. The van der Waals surface area contributed by atoms with Crippen LogP contribution in [0.4, 0.5) is 5.69 Å². The molecule has 0 spiro atoms. The minimum Gasteiger partial charge on any atom is -0.324 e. The average molecular weight is 323 g/mol. The van der Waals surface area contributed by atoms with E-state index in [-0.39, 0.29) is 17.4 Å². The zero-order valence-electron chi connectivity index (χ0n) is 10.7. The maximum absolute atomic E-state index is 12.1. The Morgan fingerprint density at radius 1 is 1.24 bits per heavy atom. The first-order chi connectivity index (χ1) is 10.0. The summed E-state index contributed by atoms with van der Waals surface area (Å²) in [5, 5.41) is 3.28. The van der Waals surface area contributed by atoms with E-state index in [0.29, 0.717) is 10.7 Å². The molecule has 2 heterocycles. The van der Waals surface area contributed by atoms with Gasteiger partial charge in [0.2, 0.25) is 5.96 Å². The van der Waals surface area contributed by atoms with E-state index in [9.17, 15) is 8.42 Å². The summed E-state index contributed by atoms with van der Waals surface area (Å²) in [4.78, 5) is 8.42. The Morgan fingerprint density at radius 3 is 2.86 bits per heavy atom. The lowest BCUT2D eigenvalue weighted by atomic mass is 10.3. The van der Waals surface area contributed by atoms with E-state index in [2.05, 4.69) is 20.0 Å². The molecule has 0 saturated heterocycles. The number of anilines is 1. The number of benzene rings is 1. The fraction of sp³-hybridized carbons (Fsp3) is 0.0769. The van der Waals surface area contributed by atoms with Crippen LogP contribution >= 0.6 is 11.6 Å². The van der Waals surface area contributed by atoms with Gasteiger partial charge in [0.05, 0.1) is 17.9 Å². The second-order valence-electron chi connectivity index (χ2n) is 4.36. The molecule has 2 aromatic rings. The largest absolute Gasteiger partial charge is 0.324 e. The maximum Gasteiger partial charge on any atom is 0.266 e. The molecule has 6 nitrogen and oxygen atoms in total. The summed E-state index contributed by atoms with van der Waals surface area (Å²) in [5.41, 5.74) is 1.19. The number of aromatic nitrogens is 1. The Kier molecular flexibility index (Phi) is 3.52. The van der Waals surface area contributed by atoms with E-state index in [0.717, 1.165) is 5.69 Å². The summed E-state index contributed by atoms with van der Waals surface area (Å²) >= 11 is 5.82. The summed E-state index contributed by atoms with van der Waals surface area (Å²) in [6.45, 7) is 0.272. The van der Waals surface area contributed by atoms with Crippen LogP contribution in [0.3, 0.4) is 0 Å². The van der Waals surface area contributed by atoms with Gasteiger partial charge in [-0.25, -0.2) is 18.1 Å². The smallest absolute Gasteiger partial charge is 0.266 e. The summed E-state index contributed by atoms with van der Waals surface area (Å²) in [6, 6.07) is 10.1. The summed E-state index contributed by atoms with van der Waals surface area (Å²) < 4.78 is 26.7. The Balaban J connectivity index is 1.90. The van der Waals surface area contributed by atoms with Crippen molar-refractivity contribution in [3.05, 3.63) is 53.3 Å².